The second-order valence-corrected chi connectivity index (χ2v) is 5.44. The summed E-state index contributed by atoms with van der Waals surface area (Å²) in [5.41, 5.74) is 1.82. The smallest absolute Gasteiger partial charge is 0.358 e. The van der Waals surface area contributed by atoms with Crippen molar-refractivity contribution in [3.8, 4) is 11.3 Å². The van der Waals surface area contributed by atoms with E-state index in [2.05, 4.69) is 10.1 Å². The monoisotopic (exact) mass is 300 g/mol. The van der Waals surface area contributed by atoms with E-state index in [1.807, 2.05) is 37.3 Å². The van der Waals surface area contributed by atoms with Gasteiger partial charge in [0.25, 0.3) is 0 Å². The van der Waals surface area contributed by atoms with E-state index >= 15 is 0 Å². The normalized spacial score (nSPS) is 10.5. The summed E-state index contributed by atoms with van der Waals surface area (Å²) in [6.07, 6.45) is 0. The molecule has 0 saturated carbocycles. The van der Waals surface area contributed by atoms with Gasteiger partial charge in [0, 0.05) is 17.0 Å². The molecule has 0 aliphatic carbocycles. The number of benzene rings is 1. The van der Waals surface area contributed by atoms with E-state index in [4.69, 9.17) is 9.26 Å². The van der Waals surface area contributed by atoms with Crippen LogP contribution in [-0.2, 0) is 11.3 Å². The van der Waals surface area contributed by atoms with Crippen LogP contribution in [0.5, 0.6) is 0 Å². The largest absolute Gasteiger partial charge is 0.454 e. The van der Waals surface area contributed by atoms with Crippen LogP contribution in [0.15, 0.2) is 46.3 Å². The van der Waals surface area contributed by atoms with Gasteiger partial charge >= 0.3 is 5.97 Å². The van der Waals surface area contributed by atoms with E-state index in [1.165, 1.54) is 11.3 Å². The number of carbonyl (C=O) groups is 1. The van der Waals surface area contributed by atoms with Crippen molar-refractivity contribution in [3.05, 3.63) is 58.2 Å². The third-order valence-electron chi connectivity index (χ3n) is 2.80. The molecule has 3 rings (SSSR count). The number of esters is 1. The Balaban J connectivity index is 1.64. The minimum atomic E-state index is -0.455. The van der Waals surface area contributed by atoms with Crippen molar-refractivity contribution < 1.29 is 14.1 Å². The lowest BCUT2D eigenvalue weighted by molar-refractivity contribution is 0.0458. The maximum Gasteiger partial charge on any atom is 0.358 e. The highest BCUT2D eigenvalue weighted by Crippen LogP contribution is 2.20. The van der Waals surface area contributed by atoms with Crippen molar-refractivity contribution in [2.24, 2.45) is 0 Å². The van der Waals surface area contributed by atoms with Crippen molar-refractivity contribution in [2.75, 3.05) is 0 Å². The first-order chi connectivity index (χ1) is 10.2. The first kappa shape index (κ1) is 13.5. The summed E-state index contributed by atoms with van der Waals surface area (Å²) in [6, 6.07) is 11.4. The fourth-order valence-electron chi connectivity index (χ4n) is 1.79. The number of rotatable bonds is 4. The molecule has 0 N–H and O–H groups in total. The van der Waals surface area contributed by atoms with Crippen molar-refractivity contribution in [1.29, 1.82) is 0 Å². The van der Waals surface area contributed by atoms with Crippen molar-refractivity contribution in [1.82, 2.24) is 10.1 Å². The Bertz CT molecular complexity index is 749. The summed E-state index contributed by atoms with van der Waals surface area (Å²) in [4.78, 5) is 15.8. The SMILES string of the molecule is Cc1nc(C(=O)OCc2cc(-c3ccccc3)on2)cs1. The molecule has 0 atom stereocenters. The van der Waals surface area contributed by atoms with Gasteiger partial charge in [-0.05, 0) is 6.92 Å². The lowest BCUT2D eigenvalue weighted by atomic mass is 10.2. The number of aryl methyl sites for hydroxylation is 1. The van der Waals surface area contributed by atoms with Gasteiger partial charge in [0.15, 0.2) is 11.5 Å². The molecule has 0 spiro atoms. The number of hydrogen-bond donors (Lipinski definition) is 0. The number of hydrogen-bond acceptors (Lipinski definition) is 6. The van der Waals surface area contributed by atoms with Gasteiger partial charge in [-0.3, -0.25) is 0 Å². The van der Waals surface area contributed by atoms with Crippen LogP contribution in [-0.4, -0.2) is 16.1 Å². The zero-order valence-electron chi connectivity index (χ0n) is 11.3. The Hall–Kier alpha value is -2.47. The number of ether oxygens (including phenoxy) is 1. The Labute approximate surface area is 125 Å². The van der Waals surface area contributed by atoms with Gasteiger partial charge in [0.2, 0.25) is 0 Å². The number of thiazole rings is 1. The average Bonchev–Trinajstić information content (AvgIpc) is 3.15. The Morgan fingerprint density at radius 2 is 2.14 bits per heavy atom. The van der Waals surface area contributed by atoms with E-state index in [9.17, 15) is 4.79 Å². The van der Waals surface area contributed by atoms with Crippen LogP contribution in [0.3, 0.4) is 0 Å². The first-order valence-electron chi connectivity index (χ1n) is 6.32. The molecule has 6 heteroatoms. The van der Waals surface area contributed by atoms with Crippen molar-refractivity contribution in [3.63, 3.8) is 0 Å². The molecule has 5 nitrogen and oxygen atoms in total. The highest BCUT2D eigenvalue weighted by atomic mass is 32.1. The van der Waals surface area contributed by atoms with Crippen molar-refractivity contribution >= 4 is 17.3 Å². The van der Waals surface area contributed by atoms with Crippen LogP contribution in [0, 0.1) is 6.92 Å². The minimum absolute atomic E-state index is 0.0613. The summed E-state index contributed by atoms with van der Waals surface area (Å²) >= 11 is 1.41. The van der Waals surface area contributed by atoms with E-state index in [0.29, 0.717) is 17.1 Å². The number of carbonyl (C=O) groups excluding carboxylic acids is 1. The van der Waals surface area contributed by atoms with E-state index in [0.717, 1.165) is 10.6 Å². The van der Waals surface area contributed by atoms with Crippen molar-refractivity contribution in [2.45, 2.75) is 13.5 Å². The Morgan fingerprint density at radius 1 is 1.33 bits per heavy atom. The summed E-state index contributed by atoms with van der Waals surface area (Å²) in [7, 11) is 0. The van der Waals surface area contributed by atoms with E-state index < -0.39 is 5.97 Å². The van der Waals surface area contributed by atoms with Gasteiger partial charge in [0.1, 0.15) is 12.3 Å². The van der Waals surface area contributed by atoms with Gasteiger partial charge < -0.3 is 9.26 Å². The highest BCUT2D eigenvalue weighted by molar-refractivity contribution is 7.09. The highest BCUT2D eigenvalue weighted by Gasteiger charge is 2.13. The van der Waals surface area contributed by atoms with Gasteiger partial charge in [-0.25, -0.2) is 9.78 Å². The van der Waals surface area contributed by atoms with Crippen LogP contribution < -0.4 is 0 Å². The Kier molecular flexibility index (Phi) is 3.79. The molecule has 0 saturated heterocycles. The predicted molar refractivity (Wildman–Crippen MR) is 77.9 cm³/mol. The molecule has 0 fully saturated rings. The molecule has 1 aromatic carbocycles. The fourth-order valence-corrected chi connectivity index (χ4v) is 2.37. The zero-order valence-corrected chi connectivity index (χ0v) is 12.1. The van der Waals surface area contributed by atoms with Crippen LogP contribution in [0.1, 0.15) is 21.2 Å². The van der Waals surface area contributed by atoms with Gasteiger partial charge in [0.05, 0.1) is 5.01 Å². The van der Waals surface area contributed by atoms with Gasteiger partial charge in [-0.15, -0.1) is 11.3 Å². The molecule has 3 aromatic rings. The summed E-state index contributed by atoms with van der Waals surface area (Å²) < 4.78 is 10.4. The molecule has 0 radical (unpaired) electrons. The second kappa shape index (κ2) is 5.88. The van der Waals surface area contributed by atoms with Crippen LogP contribution in [0.2, 0.25) is 0 Å². The Morgan fingerprint density at radius 3 is 2.86 bits per heavy atom. The maximum absolute atomic E-state index is 11.8. The van der Waals surface area contributed by atoms with Gasteiger partial charge in [-0.1, -0.05) is 35.5 Å². The zero-order chi connectivity index (χ0) is 14.7. The van der Waals surface area contributed by atoms with Crippen LogP contribution in [0.4, 0.5) is 0 Å². The molecule has 2 heterocycles. The van der Waals surface area contributed by atoms with Crippen LogP contribution in [0.25, 0.3) is 11.3 Å². The molecule has 0 bridgehead atoms. The van der Waals surface area contributed by atoms with Gasteiger partial charge in [-0.2, -0.15) is 0 Å². The number of aromatic nitrogens is 2. The lowest BCUT2D eigenvalue weighted by Crippen LogP contribution is -2.05. The standard InChI is InChI=1S/C15H12N2O3S/c1-10-16-13(9-21-10)15(18)19-8-12-7-14(20-17-12)11-5-3-2-4-6-11/h2-7,9H,8H2,1H3. The molecule has 0 aliphatic rings. The molecular formula is C15H12N2O3S. The summed E-state index contributed by atoms with van der Waals surface area (Å²) in [6.45, 7) is 1.90. The molecule has 0 amide bonds. The van der Waals surface area contributed by atoms with E-state index in [1.54, 1.807) is 11.4 Å². The quantitative estimate of drug-likeness (QED) is 0.690. The molecule has 21 heavy (non-hydrogen) atoms. The van der Waals surface area contributed by atoms with Crippen LogP contribution >= 0.6 is 11.3 Å². The number of nitrogens with zero attached hydrogens (tertiary/aromatic N) is 2. The molecule has 0 aliphatic heterocycles. The minimum Gasteiger partial charge on any atom is -0.454 e. The predicted octanol–water partition coefficient (Wildman–Crippen LogP) is 3.46. The summed E-state index contributed by atoms with van der Waals surface area (Å²) in [5.74, 6) is 0.190. The maximum atomic E-state index is 11.8. The lowest BCUT2D eigenvalue weighted by Gasteiger charge is -1.98. The fraction of sp³-hybridized carbons (Fsp3) is 0.133. The van der Waals surface area contributed by atoms with E-state index in [-0.39, 0.29) is 6.61 Å². The third kappa shape index (κ3) is 3.17. The first-order valence-corrected chi connectivity index (χ1v) is 7.20. The summed E-state index contributed by atoms with van der Waals surface area (Å²) in [5, 5.41) is 6.40. The molecular weight excluding hydrogens is 288 g/mol. The average molecular weight is 300 g/mol. The topological polar surface area (TPSA) is 65.2 Å². The molecule has 106 valence electrons. The third-order valence-corrected chi connectivity index (χ3v) is 3.57. The second-order valence-electron chi connectivity index (χ2n) is 4.38. The molecule has 2 aromatic heterocycles. The molecule has 0 unspecified atom stereocenters.